The van der Waals surface area contributed by atoms with Gasteiger partial charge in [0.15, 0.2) is 0 Å². The Morgan fingerprint density at radius 2 is 1.73 bits per heavy atom. The molecule has 0 aromatic heterocycles. The molecule has 0 aromatic rings. The van der Waals surface area contributed by atoms with Crippen LogP contribution in [0.3, 0.4) is 0 Å². The zero-order valence-electron chi connectivity index (χ0n) is 7.85. The van der Waals surface area contributed by atoms with E-state index in [1.165, 1.54) is 11.4 Å². The third kappa shape index (κ3) is 17.8. The quantitative estimate of drug-likeness (QED) is 0.613. The fourth-order valence-electron chi connectivity index (χ4n) is 0. The molecule has 66 valence electrons. The van der Waals surface area contributed by atoms with Gasteiger partial charge in [-0.3, -0.25) is 0 Å². The Hall–Kier alpha value is 0.00870. The summed E-state index contributed by atoms with van der Waals surface area (Å²) < 4.78 is 1.52. The van der Waals surface area contributed by atoms with Gasteiger partial charge < -0.3 is 5.11 Å². The van der Waals surface area contributed by atoms with Gasteiger partial charge in [-0.15, -0.1) is 0 Å². The Morgan fingerprint density at radius 3 is 1.73 bits per heavy atom. The molecule has 0 saturated carbocycles. The fraction of sp³-hybridized carbons (Fsp3) is 0.625. The third-order valence-corrected chi connectivity index (χ3v) is 5.84. The molecule has 0 aromatic carbocycles. The number of hydrogen-bond acceptors (Lipinski definition) is 1. The predicted octanol–water partition coefficient (Wildman–Crippen LogP) is 2.14. The molecule has 0 spiro atoms. The SMILES string of the molecule is C=C(C)C(=O)O.C[CH2][SnH]([CH3])[CH3]. The van der Waals surface area contributed by atoms with E-state index in [1.807, 2.05) is 0 Å². The topological polar surface area (TPSA) is 37.3 Å². The number of carbonyl (C=O) groups is 1. The van der Waals surface area contributed by atoms with E-state index in [9.17, 15) is 4.79 Å². The van der Waals surface area contributed by atoms with Crippen molar-refractivity contribution in [1.82, 2.24) is 0 Å². The molecule has 1 N–H and O–H groups in total. The first-order valence-electron chi connectivity index (χ1n) is 3.80. The van der Waals surface area contributed by atoms with Crippen molar-refractivity contribution in [2.75, 3.05) is 0 Å². The minimum atomic E-state index is -0.935. The molecule has 0 atom stereocenters. The molecule has 0 aliphatic rings. The van der Waals surface area contributed by atoms with Crippen molar-refractivity contribution in [2.45, 2.75) is 28.2 Å². The first-order valence-corrected chi connectivity index (χ1v) is 12.7. The molecule has 0 bridgehead atoms. The molecule has 0 heterocycles. The first kappa shape index (κ1) is 13.6. The van der Waals surface area contributed by atoms with E-state index >= 15 is 0 Å². The Balaban J connectivity index is 0. The Kier molecular flexibility index (Phi) is 10.0. The molecule has 0 aliphatic heterocycles. The summed E-state index contributed by atoms with van der Waals surface area (Å²) in [5.74, 6) is -0.935. The second-order valence-electron chi connectivity index (χ2n) is 2.89. The zero-order chi connectivity index (χ0) is 9.44. The molecule has 11 heavy (non-hydrogen) atoms. The van der Waals surface area contributed by atoms with E-state index in [1.54, 1.807) is 0 Å². The molecule has 0 aliphatic carbocycles. The number of carboxylic acid groups (broad SMARTS) is 1. The summed E-state index contributed by atoms with van der Waals surface area (Å²) >= 11 is -0.679. The summed E-state index contributed by atoms with van der Waals surface area (Å²) in [5, 5.41) is 7.89. The summed E-state index contributed by atoms with van der Waals surface area (Å²) in [4.78, 5) is 14.5. The van der Waals surface area contributed by atoms with Crippen molar-refractivity contribution >= 4 is 25.7 Å². The van der Waals surface area contributed by atoms with Crippen LogP contribution < -0.4 is 0 Å². The Morgan fingerprint density at radius 1 is 1.55 bits per heavy atom. The van der Waals surface area contributed by atoms with Crippen LogP contribution in [0.25, 0.3) is 0 Å². The molecule has 0 radical (unpaired) electrons. The van der Waals surface area contributed by atoms with E-state index in [0.717, 1.165) is 0 Å². The van der Waals surface area contributed by atoms with Crippen LogP contribution in [0.15, 0.2) is 12.2 Å². The maximum atomic E-state index is 9.60. The monoisotopic (exact) mass is 266 g/mol. The average molecular weight is 265 g/mol. The third-order valence-electron chi connectivity index (χ3n) is 1.18. The van der Waals surface area contributed by atoms with Crippen LogP contribution in [0.5, 0.6) is 0 Å². The van der Waals surface area contributed by atoms with Crippen molar-refractivity contribution in [2.24, 2.45) is 0 Å². The summed E-state index contributed by atoms with van der Waals surface area (Å²) in [6.45, 7) is 6.89. The fourth-order valence-corrected chi connectivity index (χ4v) is 0. The van der Waals surface area contributed by atoms with Crippen molar-refractivity contribution < 1.29 is 9.90 Å². The number of aliphatic carboxylic acids is 1. The number of hydrogen-bond donors (Lipinski definition) is 1. The van der Waals surface area contributed by atoms with Gasteiger partial charge in [0.1, 0.15) is 0 Å². The summed E-state index contributed by atoms with van der Waals surface area (Å²) in [6, 6.07) is 0. The summed E-state index contributed by atoms with van der Waals surface area (Å²) in [7, 11) is 0. The molecule has 0 unspecified atom stereocenters. The van der Waals surface area contributed by atoms with E-state index in [0.29, 0.717) is 0 Å². The first-order chi connectivity index (χ1) is 4.91. The number of carboxylic acids is 1. The van der Waals surface area contributed by atoms with Gasteiger partial charge >= 0.3 is 47.0 Å². The van der Waals surface area contributed by atoms with Gasteiger partial charge in [0.25, 0.3) is 0 Å². The Labute approximate surface area is 76.0 Å². The van der Waals surface area contributed by atoms with Crippen molar-refractivity contribution in [3.8, 4) is 0 Å². The van der Waals surface area contributed by atoms with Gasteiger partial charge in [0.05, 0.1) is 0 Å². The van der Waals surface area contributed by atoms with Crippen LogP contribution >= 0.6 is 0 Å². The second-order valence-corrected chi connectivity index (χ2v) is 13.2. The number of rotatable bonds is 2. The standard InChI is InChI=1S/C4H6O2.C2H5.2CH3.Sn.H/c1-3(2)4(5)6;1-2;;;;/h1H2,2H3,(H,5,6);1H2,2H3;2*1H3;;. The van der Waals surface area contributed by atoms with Crippen LogP contribution in [-0.2, 0) is 4.79 Å². The zero-order valence-corrected chi connectivity index (χ0v) is 11.1. The van der Waals surface area contributed by atoms with E-state index in [4.69, 9.17) is 5.11 Å². The van der Waals surface area contributed by atoms with E-state index in [-0.39, 0.29) is 5.57 Å². The van der Waals surface area contributed by atoms with Gasteiger partial charge in [-0.2, -0.15) is 0 Å². The van der Waals surface area contributed by atoms with Crippen molar-refractivity contribution in [3.05, 3.63) is 12.2 Å². The van der Waals surface area contributed by atoms with Gasteiger partial charge in [0.2, 0.25) is 0 Å². The van der Waals surface area contributed by atoms with Gasteiger partial charge in [-0.05, 0) is 6.92 Å². The van der Waals surface area contributed by atoms with Crippen molar-refractivity contribution in [1.29, 1.82) is 0 Å². The van der Waals surface area contributed by atoms with Crippen LogP contribution in [0, 0.1) is 0 Å². The minimum absolute atomic E-state index is 0.176. The van der Waals surface area contributed by atoms with Crippen LogP contribution in [0.4, 0.5) is 0 Å². The maximum absolute atomic E-state index is 9.60. The summed E-state index contributed by atoms with van der Waals surface area (Å²) in [5.41, 5.74) is 0.176. The molecular weight excluding hydrogens is 247 g/mol. The molecule has 2 nitrogen and oxygen atoms in total. The predicted molar refractivity (Wildman–Crippen MR) is 51.8 cm³/mol. The molecule has 0 saturated heterocycles. The Bertz CT molecular complexity index is 118. The van der Waals surface area contributed by atoms with Gasteiger partial charge in [0, 0.05) is 5.57 Å². The van der Waals surface area contributed by atoms with Crippen LogP contribution in [0.2, 0.25) is 14.3 Å². The molecule has 0 amide bonds. The second kappa shape index (κ2) is 8.11. The van der Waals surface area contributed by atoms with Crippen LogP contribution in [-0.4, -0.2) is 30.8 Å². The van der Waals surface area contributed by atoms with Gasteiger partial charge in [-0.1, -0.05) is 6.58 Å². The normalized spacial score (nSPS) is 8.45. The molecule has 3 heteroatoms. The van der Waals surface area contributed by atoms with E-state index < -0.39 is 25.7 Å². The average Bonchev–Trinajstić information content (AvgIpc) is 1.89. The van der Waals surface area contributed by atoms with Crippen LogP contribution in [0.1, 0.15) is 13.8 Å². The summed E-state index contributed by atoms with van der Waals surface area (Å²) in [6.07, 6.45) is 0. The van der Waals surface area contributed by atoms with Crippen molar-refractivity contribution in [3.63, 3.8) is 0 Å². The molecular formula is C8H18O2Sn. The molecule has 0 rings (SSSR count). The van der Waals surface area contributed by atoms with E-state index in [2.05, 4.69) is 23.4 Å². The molecule has 0 fully saturated rings. The van der Waals surface area contributed by atoms with Gasteiger partial charge in [-0.25, -0.2) is 4.79 Å².